The molecule has 1 aliphatic rings. The van der Waals surface area contributed by atoms with E-state index in [1.165, 1.54) is 0 Å². The number of benzene rings is 2. The van der Waals surface area contributed by atoms with Crippen molar-refractivity contribution in [1.29, 1.82) is 0 Å². The van der Waals surface area contributed by atoms with Gasteiger partial charge in [0, 0.05) is 42.0 Å². The molecular formula is C30H31F2N3O2S. The zero-order valence-electron chi connectivity index (χ0n) is 21.8. The first-order chi connectivity index (χ1) is 18.4. The van der Waals surface area contributed by atoms with Gasteiger partial charge >= 0.3 is 0 Å². The van der Waals surface area contributed by atoms with Gasteiger partial charge in [-0.2, -0.15) is 0 Å². The van der Waals surface area contributed by atoms with Gasteiger partial charge < -0.3 is 15.0 Å². The molecule has 0 unspecified atom stereocenters. The molecule has 2 aromatic carbocycles. The van der Waals surface area contributed by atoms with Crippen LogP contribution in [0.3, 0.4) is 0 Å². The maximum Gasteiger partial charge on any atom is 0.264 e. The smallest absolute Gasteiger partial charge is 0.264 e. The predicted octanol–water partition coefficient (Wildman–Crippen LogP) is 6.73. The summed E-state index contributed by atoms with van der Waals surface area (Å²) in [5, 5.41) is 3.54. The van der Waals surface area contributed by atoms with Crippen LogP contribution in [0.15, 0.2) is 54.9 Å². The van der Waals surface area contributed by atoms with Crippen LogP contribution in [0.5, 0.6) is 5.75 Å². The molecule has 1 amide bonds. The summed E-state index contributed by atoms with van der Waals surface area (Å²) in [5.74, 6) is -0.537. The molecule has 0 bridgehead atoms. The van der Waals surface area contributed by atoms with Crippen molar-refractivity contribution in [2.75, 3.05) is 14.2 Å². The van der Waals surface area contributed by atoms with Crippen LogP contribution < -0.4 is 10.1 Å². The Morgan fingerprint density at radius 1 is 1.05 bits per heavy atom. The Labute approximate surface area is 225 Å². The number of carbonyl (C=O) groups is 1. The molecule has 2 aromatic heterocycles. The lowest BCUT2D eigenvalue weighted by atomic mass is 9.89. The quantitative estimate of drug-likeness (QED) is 0.285. The van der Waals surface area contributed by atoms with Crippen LogP contribution in [0.2, 0.25) is 0 Å². The van der Waals surface area contributed by atoms with E-state index < -0.39 is 11.6 Å². The molecule has 0 radical (unpaired) electrons. The number of amides is 1. The largest absolute Gasteiger partial charge is 0.496 e. The molecule has 1 saturated carbocycles. The van der Waals surface area contributed by atoms with E-state index in [1.807, 2.05) is 42.3 Å². The second kappa shape index (κ2) is 11.2. The lowest BCUT2D eigenvalue weighted by Gasteiger charge is -2.37. The monoisotopic (exact) mass is 535 g/mol. The van der Waals surface area contributed by atoms with Crippen LogP contribution in [0.1, 0.15) is 46.5 Å². The van der Waals surface area contributed by atoms with Gasteiger partial charge in [-0.15, -0.1) is 11.3 Å². The number of aryl methyl sites for hydroxylation is 1. The van der Waals surface area contributed by atoms with Gasteiger partial charge in [-0.1, -0.05) is 6.07 Å². The topological polar surface area (TPSA) is 54.5 Å². The maximum atomic E-state index is 14.7. The molecule has 8 heteroatoms. The summed E-state index contributed by atoms with van der Waals surface area (Å²) >= 11 is 1.03. The van der Waals surface area contributed by atoms with E-state index in [0.29, 0.717) is 28.8 Å². The molecule has 5 nitrogen and oxygen atoms in total. The number of methoxy groups -OCH3 is 1. The fourth-order valence-corrected chi connectivity index (χ4v) is 6.64. The van der Waals surface area contributed by atoms with Crippen molar-refractivity contribution in [2.24, 2.45) is 0 Å². The minimum absolute atomic E-state index is 0.000642. The first kappa shape index (κ1) is 26.3. The molecule has 0 atom stereocenters. The number of nitrogens with zero attached hydrogens (tertiary/aromatic N) is 2. The maximum absolute atomic E-state index is 14.7. The molecule has 38 heavy (non-hydrogen) atoms. The molecule has 1 aliphatic carbocycles. The number of aromatic nitrogens is 1. The first-order valence-corrected chi connectivity index (χ1v) is 13.7. The van der Waals surface area contributed by atoms with E-state index >= 15 is 0 Å². The minimum atomic E-state index is -0.513. The van der Waals surface area contributed by atoms with Gasteiger partial charge in [0.05, 0.1) is 16.7 Å². The summed E-state index contributed by atoms with van der Waals surface area (Å²) in [4.78, 5) is 20.6. The van der Waals surface area contributed by atoms with Gasteiger partial charge in [-0.3, -0.25) is 9.78 Å². The first-order valence-electron chi connectivity index (χ1n) is 12.8. The summed E-state index contributed by atoms with van der Waals surface area (Å²) in [6.45, 7) is 2.03. The van der Waals surface area contributed by atoms with Gasteiger partial charge in [0.1, 0.15) is 17.4 Å². The standard InChI is InChI=1S/C30H31F2N3O2S/c1-18-27-24(31)9-10-25(32)29(27)38-28(18)30(36)35(23-7-5-22(33-2)6-8-23)17-21-16-20(4-11-26(21)37-3)19-12-14-34-15-13-19/h4,9-16,22-23,33H,5-8,17H2,1-3H3/t22-,23-. The van der Waals surface area contributed by atoms with Crippen LogP contribution in [-0.2, 0) is 6.54 Å². The van der Waals surface area contributed by atoms with E-state index in [0.717, 1.165) is 65.8 Å². The van der Waals surface area contributed by atoms with E-state index in [1.54, 1.807) is 26.4 Å². The fraction of sp³-hybridized carbons (Fsp3) is 0.333. The van der Waals surface area contributed by atoms with Crippen molar-refractivity contribution < 1.29 is 18.3 Å². The van der Waals surface area contributed by atoms with Gasteiger partial charge in [0.2, 0.25) is 0 Å². The van der Waals surface area contributed by atoms with E-state index in [9.17, 15) is 13.6 Å². The van der Waals surface area contributed by atoms with Crippen LogP contribution in [0.4, 0.5) is 8.78 Å². The molecule has 1 fully saturated rings. The van der Waals surface area contributed by atoms with Gasteiger partial charge in [-0.25, -0.2) is 8.78 Å². The Morgan fingerprint density at radius 3 is 2.42 bits per heavy atom. The number of halogens is 2. The zero-order valence-corrected chi connectivity index (χ0v) is 22.6. The Bertz CT molecular complexity index is 1450. The Morgan fingerprint density at radius 2 is 1.76 bits per heavy atom. The molecule has 198 valence electrons. The Hall–Kier alpha value is -3.36. The van der Waals surface area contributed by atoms with Crippen molar-refractivity contribution in [3.05, 3.63) is 82.5 Å². The molecule has 0 saturated heterocycles. The number of rotatable bonds is 7. The molecule has 4 aromatic rings. The van der Waals surface area contributed by atoms with Crippen LogP contribution in [0.25, 0.3) is 21.2 Å². The van der Waals surface area contributed by atoms with Crippen LogP contribution in [-0.4, -0.2) is 42.0 Å². The van der Waals surface area contributed by atoms with E-state index in [-0.39, 0.29) is 22.0 Å². The molecule has 1 N–H and O–H groups in total. The third-order valence-electron chi connectivity index (χ3n) is 7.61. The second-order valence-electron chi connectivity index (χ2n) is 9.78. The number of ether oxygens (including phenoxy) is 1. The minimum Gasteiger partial charge on any atom is -0.496 e. The van der Waals surface area contributed by atoms with Crippen LogP contribution >= 0.6 is 11.3 Å². The third-order valence-corrected chi connectivity index (χ3v) is 8.90. The number of thiophene rings is 1. The lowest BCUT2D eigenvalue weighted by Crippen LogP contribution is -2.44. The van der Waals surface area contributed by atoms with Crippen LogP contribution in [0, 0.1) is 18.6 Å². The summed E-state index contributed by atoms with van der Waals surface area (Å²) in [6, 6.07) is 12.5. The van der Waals surface area contributed by atoms with Crippen molar-refractivity contribution in [1.82, 2.24) is 15.2 Å². The van der Waals surface area contributed by atoms with Gasteiger partial charge in [0.15, 0.2) is 0 Å². The Kier molecular flexibility index (Phi) is 7.72. The molecular weight excluding hydrogens is 504 g/mol. The number of nitrogens with one attached hydrogen (secondary N) is 1. The molecule has 0 spiro atoms. The fourth-order valence-electron chi connectivity index (χ4n) is 5.46. The third kappa shape index (κ3) is 5.02. The highest BCUT2D eigenvalue weighted by atomic mass is 32.1. The van der Waals surface area contributed by atoms with Crippen molar-refractivity contribution >= 4 is 27.3 Å². The average Bonchev–Trinajstić information content (AvgIpc) is 3.32. The summed E-state index contributed by atoms with van der Waals surface area (Å²) in [6.07, 6.45) is 7.09. The van der Waals surface area contributed by atoms with Gasteiger partial charge in [0.25, 0.3) is 5.91 Å². The predicted molar refractivity (Wildman–Crippen MR) is 148 cm³/mol. The number of pyridine rings is 1. The highest BCUT2D eigenvalue weighted by Gasteiger charge is 2.32. The second-order valence-corrected chi connectivity index (χ2v) is 10.8. The summed E-state index contributed by atoms with van der Waals surface area (Å²) in [7, 11) is 3.59. The molecule has 0 aliphatic heterocycles. The number of hydrogen-bond donors (Lipinski definition) is 1. The number of hydrogen-bond acceptors (Lipinski definition) is 5. The van der Waals surface area contributed by atoms with E-state index in [2.05, 4.69) is 10.3 Å². The van der Waals surface area contributed by atoms with Crippen molar-refractivity contribution in [2.45, 2.75) is 51.2 Å². The average molecular weight is 536 g/mol. The number of carbonyl (C=O) groups excluding carboxylic acids is 1. The Balaban J connectivity index is 1.56. The highest BCUT2D eigenvalue weighted by Crippen LogP contribution is 2.37. The summed E-state index contributed by atoms with van der Waals surface area (Å²) < 4.78 is 35.2. The van der Waals surface area contributed by atoms with Crippen molar-refractivity contribution in [3.8, 4) is 16.9 Å². The number of fused-ring (bicyclic) bond motifs is 1. The lowest BCUT2D eigenvalue weighted by molar-refractivity contribution is 0.0604. The molecule has 2 heterocycles. The van der Waals surface area contributed by atoms with E-state index in [4.69, 9.17) is 4.74 Å². The highest BCUT2D eigenvalue weighted by molar-refractivity contribution is 7.21. The molecule has 5 rings (SSSR count). The normalized spacial score (nSPS) is 17.5. The SMILES string of the molecule is CN[C@H]1CC[C@H](N(Cc2cc(-c3ccncc3)ccc2OC)C(=O)c2sc3c(F)ccc(F)c3c2C)CC1. The van der Waals surface area contributed by atoms with Crippen molar-refractivity contribution in [3.63, 3.8) is 0 Å². The zero-order chi connectivity index (χ0) is 26.8. The van der Waals surface area contributed by atoms with Gasteiger partial charge in [-0.05, 0) is 92.7 Å². The summed E-state index contributed by atoms with van der Waals surface area (Å²) in [5.41, 5.74) is 3.37.